The molecule has 0 spiro atoms. The Labute approximate surface area is 118 Å². The molecule has 0 aliphatic carbocycles. The van der Waals surface area contributed by atoms with E-state index in [-0.39, 0.29) is 6.10 Å². The number of nitrogens with zero attached hydrogens (tertiary/aromatic N) is 2. The van der Waals surface area contributed by atoms with E-state index in [0.29, 0.717) is 24.8 Å². The van der Waals surface area contributed by atoms with Crippen LogP contribution in [0.25, 0.3) is 0 Å². The SMILES string of the molecule is COCCN(CCOC)c1snc(N)c1OC(C)C. The second-order valence-corrected chi connectivity index (χ2v) is 5.09. The molecule has 110 valence electrons. The average molecular weight is 289 g/mol. The lowest BCUT2D eigenvalue weighted by atomic mass is 10.4. The summed E-state index contributed by atoms with van der Waals surface area (Å²) in [5, 5.41) is 0.931. The van der Waals surface area contributed by atoms with Gasteiger partial charge in [-0.25, -0.2) is 0 Å². The zero-order valence-corrected chi connectivity index (χ0v) is 12.8. The Morgan fingerprint density at radius 2 is 1.79 bits per heavy atom. The summed E-state index contributed by atoms with van der Waals surface area (Å²) in [5.41, 5.74) is 5.87. The molecule has 1 aromatic heterocycles. The number of aromatic nitrogens is 1. The van der Waals surface area contributed by atoms with Crippen LogP contribution < -0.4 is 15.4 Å². The highest BCUT2D eigenvalue weighted by molar-refractivity contribution is 7.11. The Bertz CT molecular complexity index is 363. The Kier molecular flexibility index (Phi) is 6.90. The van der Waals surface area contributed by atoms with Crippen LogP contribution in [0.15, 0.2) is 0 Å². The number of hydrogen-bond donors (Lipinski definition) is 1. The van der Waals surface area contributed by atoms with Crippen molar-refractivity contribution in [3.8, 4) is 5.75 Å². The summed E-state index contributed by atoms with van der Waals surface area (Å²) >= 11 is 1.34. The highest BCUT2D eigenvalue weighted by Gasteiger charge is 2.20. The molecule has 6 nitrogen and oxygen atoms in total. The lowest BCUT2D eigenvalue weighted by Crippen LogP contribution is -2.30. The molecule has 1 heterocycles. The second kappa shape index (κ2) is 8.19. The second-order valence-electron chi connectivity index (χ2n) is 4.34. The van der Waals surface area contributed by atoms with Crippen LogP contribution in [-0.2, 0) is 9.47 Å². The van der Waals surface area contributed by atoms with Gasteiger partial charge in [-0.1, -0.05) is 0 Å². The third-order valence-corrected chi connectivity index (χ3v) is 3.33. The highest BCUT2D eigenvalue weighted by atomic mass is 32.1. The van der Waals surface area contributed by atoms with Crippen LogP contribution in [0.3, 0.4) is 0 Å². The van der Waals surface area contributed by atoms with Gasteiger partial charge in [-0.3, -0.25) is 0 Å². The molecule has 0 atom stereocenters. The summed E-state index contributed by atoms with van der Waals surface area (Å²) in [6.45, 7) is 6.68. The van der Waals surface area contributed by atoms with Crippen molar-refractivity contribution in [1.29, 1.82) is 0 Å². The van der Waals surface area contributed by atoms with Crippen molar-refractivity contribution in [2.75, 3.05) is 51.2 Å². The van der Waals surface area contributed by atoms with Crippen LogP contribution in [0.4, 0.5) is 10.8 Å². The van der Waals surface area contributed by atoms with Crippen LogP contribution >= 0.6 is 11.5 Å². The molecule has 1 rings (SSSR count). The maximum atomic E-state index is 5.87. The Balaban J connectivity index is 2.86. The predicted molar refractivity (Wildman–Crippen MR) is 78.3 cm³/mol. The molecule has 19 heavy (non-hydrogen) atoms. The molecule has 0 aliphatic heterocycles. The summed E-state index contributed by atoms with van der Waals surface area (Å²) in [6, 6.07) is 0. The molecular weight excluding hydrogens is 266 g/mol. The molecule has 0 saturated heterocycles. The first-order chi connectivity index (χ1) is 9.10. The fraction of sp³-hybridized carbons (Fsp3) is 0.750. The first-order valence-corrected chi connectivity index (χ1v) is 7.02. The molecular formula is C12H23N3O3S. The van der Waals surface area contributed by atoms with Gasteiger partial charge in [0.05, 0.1) is 19.3 Å². The van der Waals surface area contributed by atoms with E-state index >= 15 is 0 Å². The fourth-order valence-electron chi connectivity index (χ4n) is 1.55. The van der Waals surface area contributed by atoms with Crippen molar-refractivity contribution in [2.45, 2.75) is 20.0 Å². The van der Waals surface area contributed by atoms with E-state index in [1.54, 1.807) is 14.2 Å². The Morgan fingerprint density at radius 3 is 2.26 bits per heavy atom. The number of nitrogens with two attached hydrogens (primary N) is 1. The van der Waals surface area contributed by atoms with Gasteiger partial charge in [0.2, 0.25) is 0 Å². The number of methoxy groups -OCH3 is 2. The molecule has 0 aliphatic rings. The van der Waals surface area contributed by atoms with Gasteiger partial charge in [0, 0.05) is 27.3 Å². The summed E-state index contributed by atoms with van der Waals surface area (Å²) in [7, 11) is 3.36. The smallest absolute Gasteiger partial charge is 0.198 e. The van der Waals surface area contributed by atoms with Crippen LogP contribution in [0, 0.1) is 0 Å². The molecule has 7 heteroatoms. The Morgan fingerprint density at radius 1 is 1.21 bits per heavy atom. The van der Waals surface area contributed by atoms with Crippen molar-refractivity contribution in [1.82, 2.24) is 4.37 Å². The van der Waals surface area contributed by atoms with Gasteiger partial charge in [0.15, 0.2) is 16.6 Å². The Hall–Kier alpha value is -1.05. The first-order valence-electron chi connectivity index (χ1n) is 6.24. The monoisotopic (exact) mass is 289 g/mol. The summed E-state index contributed by atoms with van der Waals surface area (Å²) in [5.74, 6) is 1.10. The zero-order chi connectivity index (χ0) is 14.3. The van der Waals surface area contributed by atoms with Gasteiger partial charge in [0.25, 0.3) is 0 Å². The molecule has 1 aromatic rings. The third kappa shape index (κ3) is 4.85. The average Bonchev–Trinajstić information content (AvgIpc) is 2.71. The normalized spacial score (nSPS) is 11.0. The van der Waals surface area contributed by atoms with Gasteiger partial charge >= 0.3 is 0 Å². The van der Waals surface area contributed by atoms with E-state index in [4.69, 9.17) is 19.9 Å². The van der Waals surface area contributed by atoms with E-state index in [1.807, 2.05) is 13.8 Å². The van der Waals surface area contributed by atoms with Crippen LogP contribution in [0.5, 0.6) is 5.75 Å². The molecule has 0 radical (unpaired) electrons. The van der Waals surface area contributed by atoms with E-state index in [0.717, 1.165) is 18.1 Å². The third-order valence-electron chi connectivity index (χ3n) is 2.43. The molecule has 0 saturated carbocycles. The number of hydrogen-bond acceptors (Lipinski definition) is 7. The minimum atomic E-state index is 0.0594. The molecule has 0 bridgehead atoms. The largest absolute Gasteiger partial charge is 0.484 e. The van der Waals surface area contributed by atoms with Crippen LogP contribution in [-0.4, -0.2) is 51.0 Å². The van der Waals surface area contributed by atoms with Gasteiger partial charge in [-0.05, 0) is 25.4 Å². The standard InChI is InChI=1S/C12H23N3O3S/c1-9(2)18-10-11(13)14-19-12(10)15(5-7-16-3)6-8-17-4/h9H,5-8H2,1-4H3,(H2,13,14). The quantitative estimate of drug-likeness (QED) is 0.745. The number of ether oxygens (including phenoxy) is 3. The van der Waals surface area contributed by atoms with Crippen molar-refractivity contribution in [2.24, 2.45) is 0 Å². The molecule has 0 unspecified atom stereocenters. The molecule has 2 N–H and O–H groups in total. The van der Waals surface area contributed by atoms with Gasteiger partial charge in [-0.15, -0.1) is 0 Å². The van der Waals surface area contributed by atoms with Gasteiger partial charge in [-0.2, -0.15) is 4.37 Å². The summed E-state index contributed by atoms with van der Waals surface area (Å²) in [4.78, 5) is 2.12. The van der Waals surface area contributed by atoms with Gasteiger partial charge in [0.1, 0.15) is 0 Å². The number of rotatable bonds is 9. The van der Waals surface area contributed by atoms with Crippen molar-refractivity contribution in [3.63, 3.8) is 0 Å². The van der Waals surface area contributed by atoms with Crippen molar-refractivity contribution in [3.05, 3.63) is 0 Å². The van der Waals surface area contributed by atoms with Crippen molar-refractivity contribution >= 4 is 22.4 Å². The minimum absolute atomic E-state index is 0.0594. The molecule has 0 aromatic carbocycles. The fourth-order valence-corrected chi connectivity index (χ4v) is 2.35. The molecule has 0 fully saturated rings. The maximum Gasteiger partial charge on any atom is 0.198 e. The first kappa shape index (κ1) is 16.0. The molecule has 0 amide bonds. The maximum absolute atomic E-state index is 5.87. The van der Waals surface area contributed by atoms with E-state index < -0.39 is 0 Å². The number of nitrogen functional groups attached to an aromatic ring is 1. The summed E-state index contributed by atoms with van der Waals surface area (Å²) in [6.07, 6.45) is 0.0594. The van der Waals surface area contributed by atoms with E-state index in [9.17, 15) is 0 Å². The zero-order valence-electron chi connectivity index (χ0n) is 12.0. The van der Waals surface area contributed by atoms with Crippen LogP contribution in [0.1, 0.15) is 13.8 Å². The van der Waals surface area contributed by atoms with Crippen LogP contribution in [0.2, 0.25) is 0 Å². The van der Waals surface area contributed by atoms with E-state index in [2.05, 4.69) is 9.27 Å². The van der Waals surface area contributed by atoms with Crippen molar-refractivity contribution < 1.29 is 14.2 Å². The lowest BCUT2D eigenvalue weighted by molar-refractivity contribution is 0.189. The van der Waals surface area contributed by atoms with E-state index in [1.165, 1.54) is 11.5 Å². The predicted octanol–water partition coefficient (Wildman–Crippen LogP) is 1.61. The highest BCUT2D eigenvalue weighted by Crippen LogP contribution is 2.38. The lowest BCUT2D eigenvalue weighted by Gasteiger charge is -2.23. The summed E-state index contributed by atoms with van der Waals surface area (Å²) < 4.78 is 20.2. The number of anilines is 2. The minimum Gasteiger partial charge on any atom is -0.484 e. The topological polar surface area (TPSA) is 69.8 Å². The van der Waals surface area contributed by atoms with Gasteiger partial charge < -0.3 is 24.8 Å².